The predicted octanol–water partition coefficient (Wildman–Crippen LogP) is 0.773. The molecule has 0 radical (unpaired) electrons. The van der Waals surface area contributed by atoms with Gasteiger partial charge in [0.1, 0.15) is 0 Å². The van der Waals surface area contributed by atoms with Crippen molar-refractivity contribution in [2.75, 3.05) is 6.61 Å². The number of aliphatic hydroxyl groups is 3. The highest BCUT2D eigenvalue weighted by molar-refractivity contribution is 4.67. The van der Waals surface area contributed by atoms with E-state index in [-0.39, 0.29) is 24.5 Å². The molecule has 0 aliphatic carbocycles. The van der Waals surface area contributed by atoms with Gasteiger partial charge in [-0.25, -0.2) is 0 Å². The van der Waals surface area contributed by atoms with Crippen LogP contribution >= 0.6 is 0 Å². The Balaban J connectivity index is 3.63. The highest BCUT2D eigenvalue weighted by atomic mass is 16.3. The number of rotatable bonds is 6. The molecule has 0 aromatic carbocycles. The van der Waals surface area contributed by atoms with Gasteiger partial charge in [-0.05, 0) is 24.7 Å². The Morgan fingerprint density at radius 2 is 1.46 bits per heavy atom. The average molecular weight is 190 g/mol. The summed E-state index contributed by atoms with van der Waals surface area (Å²) >= 11 is 0. The van der Waals surface area contributed by atoms with Gasteiger partial charge < -0.3 is 15.3 Å². The summed E-state index contributed by atoms with van der Waals surface area (Å²) < 4.78 is 0. The van der Waals surface area contributed by atoms with Crippen LogP contribution in [-0.4, -0.2) is 34.1 Å². The fraction of sp³-hybridized carbons (Fsp3) is 1.00. The molecule has 3 N–H and O–H groups in total. The van der Waals surface area contributed by atoms with Gasteiger partial charge >= 0.3 is 0 Å². The molecule has 0 heterocycles. The van der Waals surface area contributed by atoms with Gasteiger partial charge in [0.25, 0.3) is 0 Å². The van der Waals surface area contributed by atoms with E-state index in [1.54, 1.807) is 0 Å². The zero-order valence-electron chi connectivity index (χ0n) is 8.77. The molecule has 3 nitrogen and oxygen atoms in total. The SMILES string of the molecule is CC(C)[C@@H](O)CC[C@@H](C)[C@@H](O)CO. The molecule has 3 atom stereocenters. The normalized spacial score (nSPS) is 18.7. The zero-order chi connectivity index (χ0) is 10.4. The first-order valence-electron chi connectivity index (χ1n) is 4.96. The maximum Gasteiger partial charge on any atom is 0.0796 e. The van der Waals surface area contributed by atoms with E-state index in [1.807, 2.05) is 20.8 Å². The van der Waals surface area contributed by atoms with Crippen molar-refractivity contribution in [3.05, 3.63) is 0 Å². The van der Waals surface area contributed by atoms with Gasteiger partial charge in [0.15, 0.2) is 0 Å². The van der Waals surface area contributed by atoms with E-state index < -0.39 is 6.10 Å². The van der Waals surface area contributed by atoms with Gasteiger partial charge in [0, 0.05) is 0 Å². The minimum atomic E-state index is -0.653. The molecule has 0 fully saturated rings. The van der Waals surface area contributed by atoms with Crippen LogP contribution in [0.3, 0.4) is 0 Å². The van der Waals surface area contributed by atoms with Crippen molar-refractivity contribution in [2.45, 2.75) is 45.8 Å². The molecule has 0 unspecified atom stereocenters. The minimum absolute atomic E-state index is 0.0541. The number of aliphatic hydroxyl groups excluding tert-OH is 3. The first-order valence-corrected chi connectivity index (χ1v) is 4.96. The quantitative estimate of drug-likeness (QED) is 0.580. The molecule has 80 valence electrons. The van der Waals surface area contributed by atoms with Gasteiger partial charge in [0.2, 0.25) is 0 Å². The van der Waals surface area contributed by atoms with E-state index in [0.29, 0.717) is 6.42 Å². The Bertz CT molecular complexity index is 125. The third kappa shape index (κ3) is 5.24. The molecule has 0 spiro atoms. The zero-order valence-corrected chi connectivity index (χ0v) is 8.77. The molecule has 0 saturated heterocycles. The van der Waals surface area contributed by atoms with E-state index in [0.717, 1.165) is 6.42 Å². The Hall–Kier alpha value is -0.120. The molecule has 0 aliphatic rings. The van der Waals surface area contributed by atoms with Crippen LogP contribution in [-0.2, 0) is 0 Å². The second kappa shape index (κ2) is 6.35. The fourth-order valence-corrected chi connectivity index (χ4v) is 1.14. The van der Waals surface area contributed by atoms with Crippen molar-refractivity contribution in [1.82, 2.24) is 0 Å². The van der Waals surface area contributed by atoms with E-state index >= 15 is 0 Å². The van der Waals surface area contributed by atoms with E-state index in [2.05, 4.69) is 0 Å². The minimum Gasteiger partial charge on any atom is -0.394 e. The molecule has 0 aromatic rings. The Morgan fingerprint density at radius 1 is 0.923 bits per heavy atom. The van der Waals surface area contributed by atoms with Crippen LogP contribution in [0.1, 0.15) is 33.6 Å². The smallest absolute Gasteiger partial charge is 0.0796 e. The highest BCUT2D eigenvalue weighted by Gasteiger charge is 2.16. The third-order valence-corrected chi connectivity index (χ3v) is 2.53. The molecule has 0 aliphatic heterocycles. The third-order valence-electron chi connectivity index (χ3n) is 2.53. The standard InChI is InChI=1S/C10H22O3/c1-7(2)9(12)5-4-8(3)10(13)6-11/h7-13H,4-6H2,1-3H3/t8-,9+,10+/m1/s1. The van der Waals surface area contributed by atoms with E-state index in [9.17, 15) is 10.2 Å². The maximum atomic E-state index is 9.49. The molecule has 0 bridgehead atoms. The largest absolute Gasteiger partial charge is 0.394 e. The lowest BCUT2D eigenvalue weighted by Crippen LogP contribution is -2.24. The second-order valence-electron chi connectivity index (χ2n) is 4.12. The van der Waals surface area contributed by atoms with Crippen LogP contribution in [0.2, 0.25) is 0 Å². The van der Waals surface area contributed by atoms with Crippen molar-refractivity contribution in [3.8, 4) is 0 Å². The summed E-state index contributed by atoms with van der Waals surface area (Å²) in [5.74, 6) is 0.317. The fourth-order valence-electron chi connectivity index (χ4n) is 1.14. The van der Waals surface area contributed by atoms with E-state index in [1.165, 1.54) is 0 Å². The first-order chi connectivity index (χ1) is 5.99. The van der Waals surface area contributed by atoms with Crippen molar-refractivity contribution in [3.63, 3.8) is 0 Å². The van der Waals surface area contributed by atoms with Gasteiger partial charge in [-0.1, -0.05) is 20.8 Å². The highest BCUT2D eigenvalue weighted by Crippen LogP contribution is 2.15. The Morgan fingerprint density at radius 3 is 1.85 bits per heavy atom. The van der Waals surface area contributed by atoms with Gasteiger partial charge in [0.05, 0.1) is 18.8 Å². The molecular weight excluding hydrogens is 168 g/mol. The van der Waals surface area contributed by atoms with Crippen molar-refractivity contribution in [2.24, 2.45) is 11.8 Å². The van der Waals surface area contributed by atoms with E-state index in [4.69, 9.17) is 5.11 Å². The number of hydrogen-bond donors (Lipinski definition) is 3. The molecule has 0 rings (SSSR count). The topological polar surface area (TPSA) is 60.7 Å². The molecule has 3 heteroatoms. The Labute approximate surface area is 80.4 Å². The first kappa shape index (κ1) is 12.9. The molecule has 13 heavy (non-hydrogen) atoms. The number of hydrogen-bond acceptors (Lipinski definition) is 3. The second-order valence-corrected chi connectivity index (χ2v) is 4.12. The predicted molar refractivity (Wildman–Crippen MR) is 52.3 cm³/mol. The van der Waals surface area contributed by atoms with Gasteiger partial charge in [-0.15, -0.1) is 0 Å². The molecule has 0 amide bonds. The van der Waals surface area contributed by atoms with Crippen LogP contribution in [0.15, 0.2) is 0 Å². The lowest BCUT2D eigenvalue weighted by molar-refractivity contribution is 0.0388. The monoisotopic (exact) mass is 190 g/mol. The van der Waals surface area contributed by atoms with Gasteiger partial charge in [-0.3, -0.25) is 0 Å². The summed E-state index contributed by atoms with van der Waals surface area (Å²) in [6.45, 7) is 5.63. The summed E-state index contributed by atoms with van der Waals surface area (Å²) in [6, 6.07) is 0. The van der Waals surface area contributed by atoms with Crippen LogP contribution < -0.4 is 0 Å². The summed E-state index contributed by atoms with van der Waals surface area (Å²) in [5, 5.41) is 27.4. The van der Waals surface area contributed by atoms with Crippen LogP contribution in [0.25, 0.3) is 0 Å². The summed E-state index contributed by atoms with van der Waals surface area (Å²) in [6.07, 6.45) is 0.490. The summed E-state index contributed by atoms with van der Waals surface area (Å²) in [4.78, 5) is 0. The summed E-state index contributed by atoms with van der Waals surface area (Å²) in [5.41, 5.74) is 0. The maximum absolute atomic E-state index is 9.49. The van der Waals surface area contributed by atoms with Crippen molar-refractivity contribution in [1.29, 1.82) is 0 Å². The molecule has 0 aromatic heterocycles. The lowest BCUT2D eigenvalue weighted by atomic mass is 9.94. The van der Waals surface area contributed by atoms with Crippen molar-refractivity contribution >= 4 is 0 Å². The van der Waals surface area contributed by atoms with Crippen LogP contribution in [0, 0.1) is 11.8 Å². The summed E-state index contributed by atoms with van der Waals surface area (Å²) in [7, 11) is 0. The average Bonchev–Trinajstić information content (AvgIpc) is 2.11. The van der Waals surface area contributed by atoms with Crippen LogP contribution in [0.4, 0.5) is 0 Å². The molecule has 0 saturated carbocycles. The molecular formula is C10H22O3. The van der Waals surface area contributed by atoms with Crippen molar-refractivity contribution < 1.29 is 15.3 Å². The van der Waals surface area contributed by atoms with Gasteiger partial charge in [-0.2, -0.15) is 0 Å². The van der Waals surface area contributed by atoms with Crippen LogP contribution in [0.5, 0.6) is 0 Å². The lowest BCUT2D eigenvalue weighted by Gasteiger charge is -2.20. The Kier molecular flexibility index (Phi) is 6.29.